The van der Waals surface area contributed by atoms with E-state index in [1.807, 2.05) is 30.3 Å². The molecule has 0 bridgehead atoms. The van der Waals surface area contributed by atoms with Crippen LogP contribution in [0.1, 0.15) is 90.5 Å². The fraction of sp³-hybridized carbons (Fsp3) is 0.692. The van der Waals surface area contributed by atoms with Gasteiger partial charge in [-0.3, -0.25) is 9.59 Å². The van der Waals surface area contributed by atoms with Crippen molar-refractivity contribution in [3.05, 3.63) is 35.9 Å². The lowest BCUT2D eigenvalue weighted by molar-refractivity contribution is -0.175. The molecular weight excluding hydrogens is 376 g/mol. The van der Waals surface area contributed by atoms with Crippen LogP contribution in [0.15, 0.2) is 30.3 Å². The van der Waals surface area contributed by atoms with Crippen molar-refractivity contribution in [2.24, 2.45) is 23.2 Å². The molecule has 0 amide bonds. The summed E-state index contributed by atoms with van der Waals surface area (Å²) in [4.78, 5) is 25.8. The average Bonchev–Trinajstić information content (AvgIpc) is 2.74. The van der Waals surface area contributed by atoms with E-state index < -0.39 is 17.3 Å². The maximum Gasteiger partial charge on any atom is 0.313 e. The highest BCUT2D eigenvalue weighted by atomic mass is 16.5. The minimum atomic E-state index is -0.904. The van der Waals surface area contributed by atoms with Crippen molar-refractivity contribution in [3.63, 3.8) is 0 Å². The molecule has 4 unspecified atom stereocenters. The summed E-state index contributed by atoms with van der Waals surface area (Å²) < 4.78 is 5.79. The second-order valence-corrected chi connectivity index (χ2v) is 9.34. The SMILES string of the molecule is CCCCCC(CCC)CC1(C(=O)OCc2ccccc2)CCC(C)CC1C(=O)O. The van der Waals surface area contributed by atoms with Crippen LogP contribution in [0.3, 0.4) is 0 Å². The fourth-order valence-corrected chi connectivity index (χ4v) is 5.15. The van der Waals surface area contributed by atoms with Crippen LogP contribution in [0, 0.1) is 23.2 Å². The molecule has 0 heterocycles. The van der Waals surface area contributed by atoms with E-state index in [4.69, 9.17) is 4.74 Å². The number of unbranched alkanes of at least 4 members (excludes halogenated alkanes) is 2. The minimum absolute atomic E-state index is 0.206. The number of carbonyl (C=O) groups excluding carboxylic acids is 1. The van der Waals surface area contributed by atoms with Gasteiger partial charge >= 0.3 is 11.9 Å². The standard InChI is InChI=1S/C26H40O4/c1-4-6-8-12-21(11-5-2)18-26(16-15-20(3)17-23(26)24(27)28)25(29)30-19-22-13-9-7-10-14-22/h7,9-10,13-14,20-21,23H,4-6,8,11-12,15-19H2,1-3H3,(H,27,28). The number of carboxylic acids is 1. The number of hydrogen-bond acceptors (Lipinski definition) is 3. The molecule has 1 aliphatic carbocycles. The molecule has 0 spiro atoms. The Morgan fingerprint density at radius 1 is 1.13 bits per heavy atom. The third-order valence-electron chi connectivity index (χ3n) is 6.87. The quantitative estimate of drug-likeness (QED) is 0.307. The molecule has 4 atom stereocenters. The number of aliphatic carboxylic acids is 1. The zero-order valence-corrected chi connectivity index (χ0v) is 19.1. The van der Waals surface area contributed by atoms with Crippen molar-refractivity contribution in [1.29, 1.82) is 0 Å². The molecule has 30 heavy (non-hydrogen) atoms. The molecule has 1 aliphatic rings. The number of ether oxygens (including phenoxy) is 1. The van der Waals surface area contributed by atoms with Gasteiger partial charge in [-0.25, -0.2) is 0 Å². The summed E-state index contributed by atoms with van der Waals surface area (Å²) in [7, 11) is 0. The van der Waals surface area contributed by atoms with Crippen LogP contribution in [0.5, 0.6) is 0 Å². The van der Waals surface area contributed by atoms with E-state index in [-0.39, 0.29) is 12.6 Å². The largest absolute Gasteiger partial charge is 0.481 e. The molecule has 4 nitrogen and oxygen atoms in total. The first-order valence-corrected chi connectivity index (χ1v) is 11.9. The first-order chi connectivity index (χ1) is 14.4. The zero-order valence-electron chi connectivity index (χ0n) is 19.1. The van der Waals surface area contributed by atoms with Crippen molar-refractivity contribution in [2.75, 3.05) is 0 Å². The first kappa shape index (κ1) is 24.4. The van der Waals surface area contributed by atoms with Crippen LogP contribution in [0.4, 0.5) is 0 Å². The predicted molar refractivity (Wildman–Crippen MR) is 120 cm³/mol. The van der Waals surface area contributed by atoms with Gasteiger partial charge in [0.05, 0.1) is 11.3 Å². The van der Waals surface area contributed by atoms with Gasteiger partial charge in [0, 0.05) is 0 Å². The van der Waals surface area contributed by atoms with Crippen molar-refractivity contribution in [3.8, 4) is 0 Å². The van der Waals surface area contributed by atoms with Gasteiger partial charge in [-0.1, -0.05) is 89.6 Å². The molecule has 4 heteroatoms. The van der Waals surface area contributed by atoms with Gasteiger partial charge in [0.25, 0.3) is 0 Å². The van der Waals surface area contributed by atoms with E-state index in [9.17, 15) is 14.7 Å². The molecule has 0 aliphatic heterocycles. The van der Waals surface area contributed by atoms with Crippen molar-refractivity contribution in [2.45, 2.75) is 91.6 Å². The monoisotopic (exact) mass is 416 g/mol. The average molecular weight is 417 g/mol. The van der Waals surface area contributed by atoms with Crippen molar-refractivity contribution >= 4 is 11.9 Å². The molecule has 1 aromatic carbocycles. The van der Waals surface area contributed by atoms with E-state index in [1.165, 1.54) is 12.8 Å². The van der Waals surface area contributed by atoms with Gasteiger partial charge in [-0.05, 0) is 43.1 Å². The number of carbonyl (C=O) groups is 2. The van der Waals surface area contributed by atoms with E-state index >= 15 is 0 Å². The summed E-state index contributed by atoms with van der Waals surface area (Å²) in [5.74, 6) is -1.11. The number of carboxylic acid groups (broad SMARTS) is 1. The Kier molecular flexibility index (Phi) is 9.87. The maximum atomic E-state index is 13.5. The Morgan fingerprint density at radius 2 is 1.87 bits per heavy atom. The number of hydrogen-bond donors (Lipinski definition) is 1. The van der Waals surface area contributed by atoms with Crippen LogP contribution < -0.4 is 0 Å². The minimum Gasteiger partial charge on any atom is -0.481 e. The molecule has 1 fully saturated rings. The predicted octanol–water partition coefficient (Wildman–Crippen LogP) is 6.62. The lowest BCUT2D eigenvalue weighted by atomic mass is 9.59. The summed E-state index contributed by atoms with van der Waals surface area (Å²) in [6, 6.07) is 9.64. The molecule has 168 valence electrons. The highest BCUT2D eigenvalue weighted by Gasteiger charge is 2.53. The van der Waals surface area contributed by atoms with Gasteiger partial charge in [0.1, 0.15) is 6.61 Å². The Morgan fingerprint density at radius 3 is 2.50 bits per heavy atom. The van der Waals surface area contributed by atoms with E-state index in [2.05, 4.69) is 20.8 Å². The second-order valence-electron chi connectivity index (χ2n) is 9.34. The molecule has 1 N–H and O–H groups in total. The molecule has 1 saturated carbocycles. The van der Waals surface area contributed by atoms with Gasteiger partial charge < -0.3 is 9.84 Å². The first-order valence-electron chi connectivity index (χ1n) is 11.9. The summed E-state index contributed by atoms with van der Waals surface area (Å²) >= 11 is 0. The van der Waals surface area contributed by atoms with E-state index in [0.29, 0.717) is 31.1 Å². The van der Waals surface area contributed by atoms with Gasteiger partial charge in [0.2, 0.25) is 0 Å². The second kappa shape index (κ2) is 12.1. The Balaban J connectivity index is 2.25. The molecular formula is C26H40O4. The Labute approximate surface area is 182 Å². The zero-order chi connectivity index (χ0) is 22.0. The van der Waals surface area contributed by atoms with Crippen molar-refractivity contribution in [1.82, 2.24) is 0 Å². The topological polar surface area (TPSA) is 63.6 Å². The summed E-state index contributed by atoms with van der Waals surface area (Å²) in [6.07, 6.45) is 9.36. The smallest absolute Gasteiger partial charge is 0.313 e. The molecule has 0 aromatic heterocycles. The molecule has 0 radical (unpaired) electrons. The Bertz CT molecular complexity index is 656. The molecule has 2 rings (SSSR count). The number of esters is 1. The molecule has 0 saturated heterocycles. The summed E-state index contributed by atoms with van der Waals surface area (Å²) in [5.41, 5.74) is 0.0317. The summed E-state index contributed by atoms with van der Waals surface area (Å²) in [5, 5.41) is 10.1. The van der Waals surface area contributed by atoms with Crippen LogP contribution >= 0.6 is 0 Å². The van der Waals surface area contributed by atoms with Crippen LogP contribution in [-0.2, 0) is 20.9 Å². The highest BCUT2D eigenvalue weighted by Crippen LogP contribution is 2.50. The van der Waals surface area contributed by atoms with Crippen LogP contribution in [0.25, 0.3) is 0 Å². The molecule has 1 aromatic rings. The van der Waals surface area contributed by atoms with E-state index in [1.54, 1.807) is 0 Å². The lowest BCUT2D eigenvalue weighted by Crippen LogP contribution is -2.48. The highest BCUT2D eigenvalue weighted by molar-refractivity contribution is 5.85. The fourth-order valence-electron chi connectivity index (χ4n) is 5.15. The summed E-state index contributed by atoms with van der Waals surface area (Å²) in [6.45, 7) is 6.67. The van der Waals surface area contributed by atoms with Crippen LogP contribution in [0.2, 0.25) is 0 Å². The van der Waals surface area contributed by atoms with Crippen LogP contribution in [-0.4, -0.2) is 17.0 Å². The van der Waals surface area contributed by atoms with Gasteiger partial charge in [-0.15, -0.1) is 0 Å². The van der Waals surface area contributed by atoms with E-state index in [0.717, 1.165) is 37.7 Å². The van der Waals surface area contributed by atoms with Gasteiger partial charge in [-0.2, -0.15) is 0 Å². The number of benzene rings is 1. The van der Waals surface area contributed by atoms with Gasteiger partial charge in [0.15, 0.2) is 0 Å². The third-order valence-corrected chi connectivity index (χ3v) is 6.87. The number of rotatable bonds is 12. The normalized spacial score (nSPS) is 24.9. The Hall–Kier alpha value is -1.84. The van der Waals surface area contributed by atoms with Crippen molar-refractivity contribution < 1.29 is 19.4 Å². The maximum absolute atomic E-state index is 13.5. The third kappa shape index (κ3) is 6.58. The lowest BCUT2D eigenvalue weighted by Gasteiger charge is -2.44.